The molecule has 1 atom stereocenters. The number of ether oxygens (including phenoxy) is 1. The summed E-state index contributed by atoms with van der Waals surface area (Å²) in [7, 11) is 1.96. The van der Waals surface area contributed by atoms with Gasteiger partial charge in [0.1, 0.15) is 15.8 Å². The predicted octanol–water partition coefficient (Wildman–Crippen LogP) is 3.73. The first-order chi connectivity index (χ1) is 12.7. The number of halogens is 2. The Morgan fingerprint density at radius 2 is 2.07 bits per heavy atom. The van der Waals surface area contributed by atoms with Crippen LogP contribution in [0.15, 0.2) is 33.8 Å². The Hall–Kier alpha value is -1.35. The minimum Gasteiger partial charge on any atom is -0.496 e. The fourth-order valence-electron chi connectivity index (χ4n) is 3.31. The summed E-state index contributed by atoms with van der Waals surface area (Å²) in [4.78, 5) is 6.14. The molecule has 0 saturated heterocycles. The highest BCUT2D eigenvalue weighted by Gasteiger charge is 2.27. The first-order valence-electron chi connectivity index (χ1n) is 8.42. The number of anilines is 1. The number of benzene rings is 1. The number of pyridine rings is 1. The number of likely N-dealkylation sites (N-methyl/N-ethyl adjacent to an activating group) is 1. The number of fused-ring (bicyclic) bond motifs is 1. The third-order valence-corrected chi connectivity index (χ3v) is 7.30. The van der Waals surface area contributed by atoms with Gasteiger partial charge in [0.15, 0.2) is 0 Å². The number of aromatic nitrogens is 1. The van der Waals surface area contributed by atoms with E-state index in [2.05, 4.69) is 44.6 Å². The van der Waals surface area contributed by atoms with E-state index in [-0.39, 0.29) is 10.0 Å². The Bertz CT molecular complexity index is 967. The first-order valence-corrected chi connectivity index (χ1v) is 11.1. The monoisotopic (exact) mass is 473 g/mol. The number of methoxy groups -OCH3 is 1. The topological polar surface area (TPSA) is 71.5 Å². The molecule has 146 valence electrons. The van der Waals surface area contributed by atoms with Crippen LogP contribution in [0.2, 0.25) is 5.15 Å². The Morgan fingerprint density at radius 1 is 1.33 bits per heavy atom. The van der Waals surface area contributed by atoms with Gasteiger partial charge in [-0.25, -0.2) is 13.4 Å². The molecule has 0 amide bonds. The quantitative estimate of drug-likeness (QED) is 0.669. The van der Waals surface area contributed by atoms with Gasteiger partial charge in [0, 0.05) is 17.8 Å². The zero-order valence-electron chi connectivity index (χ0n) is 15.3. The van der Waals surface area contributed by atoms with Gasteiger partial charge in [-0.1, -0.05) is 11.6 Å². The van der Waals surface area contributed by atoms with E-state index in [1.807, 2.05) is 6.07 Å². The fourth-order valence-corrected chi connectivity index (χ4v) is 4.98. The van der Waals surface area contributed by atoms with Crippen LogP contribution in [-0.4, -0.2) is 45.5 Å². The Kier molecular flexibility index (Phi) is 6.00. The van der Waals surface area contributed by atoms with E-state index >= 15 is 0 Å². The molecule has 1 heterocycles. The first kappa shape index (κ1) is 20.4. The molecule has 0 spiro atoms. The van der Waals surface area contributed by atoms with Crippen molar-refractivity contribution >= 4 is 43.2 Å². The summed E-state index contributed by atoms with van der Waals surface area (Å²) in [5, 5.41) is 0.213. The lowest BCUT2D eigenvalue weighted by Crippen LogP contribution is -2.34. The predicted molar refractivity (Wildman–Crippen MR) is 110 cm³/mol. The average Bonchev–Trinajstić information content (AvgIpc) is 2.63. The molecule has 27 heavy (non-hydrogen) atoms. The molecular weight excluding hydrogens is 454 g/mol. The molecule has 1 unspecified atom stereocenters. The Morgan fingerprint density at radius 3 is 2.70 bits per heavy atom. The maximum Gasteiger partial charge on any atom is 0.263 e. The second kappa shape index (κ2) is 7.95. The molecule has 1 aliphatic carbocycles. The van der Waals surface area contributed by atoms with E-state index in [0.717, 1.165) is 36.1 Å². The van der Waals surface area contributed by atoms with Crippen LogP contribution in [0, 0.1) is 0 Å². The van der Waals surface area contributed by atoms with Crippen LogP contribution in [0.1, 0.15) is 17.5 Å². The lowest BCUT2D eigenvalue weighted by molar-refractivity contribution is 0.265. The largest absolute Gasteiger partial charge is 0.496 e. The number of nitrogens with zero attached hydrogens (tertiary/aromatic N) is 2. The summed E-state index contributed by atoms with van der Waals surface area (Å²) in [5.74, 6) is 0.787. The molecule has 1 aliphatic rings. The van der Waals surface area contributed by atoms with Crippen LogP contribution in [-0.2, 0) is 22.9 Å². The second-order valence-corrected chi connectivity index (χ2v) is 9.58. The molecule has 9 heteroatoms. The van der Waals surface area contributed by atoms with E-state index in [9.17, 15) is 8.42 Å². The van der Waals surface area contributed by atoms with Gasteiger partial charge in [0.25, 0.3) is 10.0 Å². The zero-order chi connectivity index (χ0) is 19.8. The maximum atomic E-state index is 12.8. The lowest BCUT2D eigenvalue weighted by Gasteiger charge is -2.32. The minimum atomic E-state index is -3.79. The summed E-state index contributed by atoms with van der Waals surface area (Å²) >= 11 is 9.08. The highest BCUT2D eigenvalue weighted by atomic mass is 79.9. The third kappa shape index (κ3) is 4.23. The number of rotatable bonds is 5. The minimum absolute atomic E-state index is 0.0466. The average molecular weight is 475 g/mol. The van der Waals surface area contributed by atoms with Crippen LogP contribution in [0.4, 0.5) is 5.69 Å². The van der Waals surface area contributed by atoms with Crippen molar-refractivity contribution in [1.82, 2.24) is 9.88 Å². The van der Waals surface area contributed by atoms with Crippen molar-refractivity contribution in [3.63, 3.8) is 0 Å². The van der Waals surface area contributed by atoms with Crippen LogP contribution >= 0.6 is 27.5 Å². The molecule has 1 aromatic heterocycles. The highest BCUT2D eigenvalue weighted by molar-refractivity contribution is 9.10. The van der Waals surface area contributed by atoms with E-state index in [4.69, 9.17) is 16.3 Å². The zero-order valence-corrected chi connectivity index (χ0v) is 18.4. The number of hydrogen-bond donors (Lipinski definition) is 1. The standard InChI is InChI=1S/C18H21BrClN3O3S/c1-23(2)11-4-5-13-14(8-11)17(26-3)7-6-16(13)22-27(24,25)12-9-15(19)18(20)21-10-12/h6-7,9-11,22H,4-5,8H2,1-3H3. The van der Waals surface area contributed by atoms with Crippen molar-refractivity contribution in [3.8, 4) is 5.75 Å². The van der Waals surface area contributed by atoms with Crippen molar-refractivity contribution in [1.29, 1.82) is 0 Å². The van der Waals surface area contributed by atoms with Crippen LogP contribution in [0.5, 0.6) is 5.75 Å². The molecule has 6 nitrogen and oxygen atoms in total. The molecule has 0 saturated carbocycles. The van der Waals surface area contributed by atoms with Crippen molar-refractivity contribution in [2.75, 3.05) is 25.9 Å². The van der Waals surface area contributed by atoms with Crippen LogP contribution in [0.3, 0.4) is 0 Å². The number of nitrogens with one attached hydrogen (secondary N) is 1. The summed E-state index contributed by atoms with van der Waals surface area (Å²) in [6.45, 7) is 0. The molecular formula is C18H21BrClN3O3S. The van der Waals surface area contributed by atoms with E-state index in [1.165, 1.54) is 12.3 Å². The van der Waals surface area contributed by atoms with Crippen molar-refractivity contribution < 1.29 is 13.2 Å². The van der Waals surface area contributed by atoms with Gasteiger partial charge in [-0.05, 0) is 73.1 Å². The third-order valence-electron chi connectivity index (χ3n) is 4.83. The molecule has 2 aromatic rings. The Labute approximate surface area is 173 Å². The summed E-state index contributed by atoms with van der Waals surface area (Å²) in [6, 6.07) is 5.40. The normalized spacial score (nSPS) is 16.9. The Balaban J connectivity index is 1.98. The smallest absolute Gasteiger partial charge is 0.263 e. The summed E-state index contributed by atoms with van der Waals surface area (Å²) in [5.41, 5.74) is 2.61. The molecule has 0 fully saturated rings. The van der Waals surface area contributed by atoms with Crippen molar-refractivity contribution in [2.45, 2.75) is 30.2 Å². The molecule has 0 bridgehead atoms. The van der Waals surface area contributed by atoms with Crippen molar-refractivity contribution in [2.24, 2.45) is 0 Å². The lowest BCUT2D eigenvalue weighted by atomic mass is 9.86. The van der Waals surface area contributed by atoms with Gasteiger partial charge in [0.2, 0.25) is 0 Å². The van der Waals surface area contributed by atoms with Crippen LogP contribution < -0.4 is 9.46 Å². The molecule has 0 radical (unpaired) electrons. The summed E-state index contributed by atoms with van der Waals surface area (Å²) < 4.78 is 34.3. The summed E-state index contributed by atoms with van der Waals surface area (Å²) in [6.07, 6.45) is 3.79. The molecule has 1 N–H and O–H groups in total. The van der Waals surface area contributed by atoms with Gasteiger partial charge in [-0.2, -0.15) is 0 Å². The van der Waals surface area contributed by atoms with Gasteiger partial charge >= 0.3 is 0 Å². The highest BCUT2D eigenvalue weighted by Crippen LogP contribution is 2.37. The number of sulfonamides is 1. The fraction of sp³-hybridized carbons (Fsp3) is 0.389. The van der Waals surface area contributed by atoms with Crippen molar-refractivity contribution in [3.05, 3.63) is 45.1 Å². The molecule has 1 aromatic carbocycles. The van der Waals surface area contributed by atoms with Gasteiger partial charge in [0.05, 0.1) is 17.3 Å². The molecule has 3 rings (SSSR count). The maximum absolute atomic E-state index is 12.8. The van der Waals surface area contributed by atoms with E-state index in [0.29, 0.717) is 16.2 Å². The van der Waals surface area contributed by atoms with E-state index in [1.54, 1.807) is 13.2 Å². The van der Waals surface area contributed by atoms with Gasteiger partial charge in [-0.15, -0.1) is 0 Å². The molecule has 0 aliphatic heterocycles. The van der Waals surface area contributed by atoms with E-state index < -0.39 is 10.0 Å². The van der Waals surface area contributed by atoms with Gasteiger partial charge in [-0.3, -0.25) is 4.72 Å². The SMILES string of the molecule is COc1ccc(NS(=O)(=O)c2cnc(Cl)c(Br)c2)c2c1CC(N(C)C)CC2. The van der Waals surface area contributed by atoms with Crippen LogP contribution in [0.25, 0.3) is 0 Å². The van der Waals surface area contributed by atoms with Gasteiger partial charge < -0.3 is 9.64 Å². The second-order valence-electron chi connectivity index (χ2n) is 6.68. The number of hydrogen-bond acceptors (Lipinski definition) is 5.